The van der Waals surface area contributed by atoms with Gasteiger partial charge in [0.1, 0.15) is 11.2 Å². The summed E-state index contributed by atoms with van der Waals surface area (Å²) in [4.78, 5) is 2.43. The zero-order chi connectivity index (χ0) is 42.4. The highest BCUT2D eigenvalue weighted by molar-refractivity contribution is 6.12. The van der Waals surface area contributed by atoms with Gasteiger partial charge in [-0.25, -0.2) is 0 Å². The van der Waals surface area contributed by atoms with Crippen molar-refractivity contribution in [2.45, 2.75) is 0 Å². The van der Waals surface area contributed by atoms with Crippen LogP contribution in [-0.2, 0) is 0 Å². The van der Waals surface area contributed by atoms with Gasteiger partial charge in [0.2, 0.25) is 0 Å². The van der Waals surface area contributed by atoms with Crippen LogP contribution >= 0.6 is 0 Å². The first-order chi connectivity index (χ1) is 31.7. The lowest BCUT2D eigenvalue weighted by molar-refractivity contribution is 0.669. The zero-order valence-electron chi connectivity index (χ0n) is 35.0. The molecule has 0 N–H and O–H groups in total. The standard InChI is InChI=1S/C62H41NO/c1-2-15-45(16-3-1)56-38-35-49(55-29-13-20-44-18-5-7-26-53(44)55)41-59(56)63(51-24-11-23-48(40-51)57-30-14-32-61-62(57)58-27-8-9-31-60(58)64-61)50-36-33-42(34-37-50)46-21-10-22-47(39-46)54-28-12-19-43-17-4-6-25-52(43)54/h1-41H. The maximum atomic E-state index is 6.37. The molecule has 11 aromatic carbocycles. The van der Waals surface area contributed by atoms with Gasteiger partial charge in [0, 0.05) is 27.7 Å². The summed E-state index contributed by atoms with van der Waals surface area (Å²) in [7, 11) is 0. The quantitative estimate of drug-likeness (QED) is 0.152. The molecular formula is C62H41NO. The maximum Gasteiger partial charge on any atom is 0.136 e. The Kier molecular flexibility index (Phi) is 9.20. The SMILES string of the molecule is c1ccc(-c2ccc(-c3cccc4ccccc34)cc2N(c2ccc(-c3cccc(-c4cccc5ccccc45)c3)cc2)c2cccc(-c3cccc4oc5ccccc5c34)c2)cc1. The predicted molar refractivity (Wildman–Crippen MR) is 271 cm³/mol. The van der Waals surface area contributed by atoms with Gasteiger partial charge >= 0.3 is 0 Å². The van der Waals surface area contributed by atoms with E-state index < -0.39 is 0 Å². The fraction of sp³-hybridized carbons (Fsp3) is 0. The second-order valence-electron chi connectivity index (χ2n) is 16.4. The summed E-state index contributed by atoms with van der Waals surface area (Å²) >= 11 is 0. The fourth-order valence-corrected chi connectivity index (χ4v) is 9.62. The Labute approximate surface area is 372 Å². The van der Waals surface area contributed by atoms with E-state index in [0.717, 1.165) is 72.4 Å². The molecule has 1 aromatic heterocycles. The lowest BCUT2D eigenvalue weighted by Gasteiger charge is -2.29. The number of nitrogens with zero attached hydrogens (tertiary/aromatic N) is 1. The van der Waals surface area contributed by atoms with Crippen LogP contribution in [0.2, 0.25) is 0 Å². The van der Waals surface area contributed by atoms with Crippen molar-refractivity contribution in [3.05, 3.63) is 249 Å². The minimum Gasteiger partial charge on any atom is -0.456 e. The average Bonchev–Trinajstić information content (AvgIpc) is 3.76. The van der Waals surface area contributed by atoms with Crippen molar-refractivity contribution in [2.75, 3.05) is 4.90 Å². The van der Waals surface area contributed by atoms with Gasteiger partial charge in [0.25, 0.3) is 0 Å². The smallest absolute Gasteiger partial charge is 0.136 e. The largest absolute Gasteiger partial charge is 0.456 e. The predicted octanol–water partition coefficient (Wildman–Crippen LogP) is 17.7. The third-order valence-corrected chi connectivity index (χ3v) is 12.7. The molecule has 12 rings (SSSR count). The van der Waals surface area contributed by atoms with Crippen molar-refractivity contribution in [1.29, 1.82) is 0 Å². The minimum absolute atomic E-state index is 0.884. The molecule has 300 valence electrons. The van der Waals surface area contributed by atoms with Crippen molar-refractivity contribution in [1.82, 2.24) is 0 Å². The lowest BCUT2D eigenvalue weighted by atomic mass is 9.93. The maximum absolute atomic E-state index is 6.37. The van der Waals surface area contributed by atoms with E-state index >= 15 is 0 Å². The molecule has 64 heavy (non-hydrogen) atoms. The van der Waals surface area contributed by atoms with Crippen molar-refractivity contribution < 1.29 is 4.42 Å². The molecule has 0 spiro atoms. The first kappa shape index (κ1) is 37.3. The van der Waals surface area contributed by atoms with E-state index in [0.29, 0.717) is 0 Å². The van der Waals surface area contributed by atoms with Crippen molar-refractivity contribution >= 4 is 60.5 Å². The number of hydrogen-bond acceptors (Lipinski definition) is 2. The summed E-state index contributed by atoms with van der Waals surface area (Å²) in [6.07, 6.45) is 0. The fourth-order valence-electron chi connectivity index (χ4n) is 9.62. The van der Waals surface area contributed by atoms with Crippen LogP contribution in [0.25, 0.3) is 99.1 Å². The van der Waals surface area contributed by atoms with E-state index in [1.165, 1.54) is 43.8 Å². The Morgan fingerprint density at radius 1 is 0.266 bits per heavy atom. The molecule has 0 saturated heterocycles. The van der Waals surface area contributed by atoms with Crippen LogP contribution in [-0.4, -0.2) is 0 Å². The van der Waals surface area contributed by atoms with Crippen LogP contribution in [0.4, 0.5) is 17.1 Å². The van der Waals surface area contributed by atoms with Crippen LogP contribution in [0.1, 0.15) is 0 Å². The molecule has 2 heteroatoms. The topological polar surface area (TPSA) is 16.4 Å². The van der Waals surface area contributed by atoms with E-state index in [1.54, 1.807) is 0 Å². The minimum atomic E-state index is 0.884. The van der Waals surface area contributed by atoms with Crippen LogP contribution < -0.4 is 4.90 Å². The summed E-state index contributed by atoms with van der Waals surface area (Å²) in [5, 5.41) is 7.19. The highest BCUT2D eigenvalue weighted by Gasteiger charge is 2.21. The molecule has 0 saturated carbocycles. The highest BCUT2D eigenvalue weighted by atomic mass is 16.3. The Morgan fingerprint density at radius 3 is 1.53 bits per heavy atom. The molecular weight excluding hydrogens is 775 g/mol. The van der Waals surface area contributed by atoms with Crippen molar-refractivity contribution in [3.63, 3.8) is 0 Å². The normalized spacial score (nSPS) is 11.4. The molecule has 0 atom stereocenters. The molecule has 1 heterocycles. The molecule has 0 aliphatic rings. The van der Waals surface area contributed by atoms with Crippen LogP contribution in [0.15, 0.2) is 253 Å². The summed E-state index contributed by atoms with van der Waals surface area (Å²) < 4.78 is 6.37. The van der Waals surface area contributed by atoms with Crippen molar-refractivity contribution in [3.8, 4) is 55.6 Å². The number of para-hydroxylation sites is 1. The van der Waals surface area contributed by atoms with Gasteiger partial charge in [0.15, 0.2) is 0 Å². The number of fused-ring (bicyclic) bond motifs is 5. The zero-order valence-corrected chi connectivity index (χ0v) is 35.0. The number of hydrogen-bond donors (Lipinski definition) is 0. The Bertz CT molecular complexity index is 3660. The second kappa shape index (κ2) is 15.8. The first-order valence-corrected chi connectivity index (χ1v) is 21.9. The van der Waals surface area contributed by atoms with Gasteiger partial charge in [-0.1, -0.05) is 200 Å². The van der Waals surface area contributed by atoms with Gasteiger partial charge < -0.3 is 9.32 Å². The third-order valence-electron chi connectivity index (χ3n) is 12.7. The molecule has 0 aliphatic heterocycles. The Hall–Kier alpha value is -8.46. The number of furan rings is 1. The van der Waals surface area contributed by atoms with Gasteiger partial charge in [-0.15, -0.1) is 0 Å². The average molecular weight is 816 g/mol. The van der Waals surface area contributed by atoms with E-state index in [1.807, 2.05) is 6.07 Å². The second-order valence-corrected chi connectivity index (χ2v) is 16.4. The highest BCUT2D eigenvalue weighted by Crippen LogP contribution is 2.46. The summed E-state index contributed by atoms with van der Waals surface area (Å²) in [6.45, 7) is 0. The molecule has 12 aromatic rings. The lowest BCUT2D eigenvalue weighted by Crippen LogP contribution is -2.11. The van der Waals surface area contributed by atoms with E-state index in [-0.39, 0.29) is 0 Å². The van der Waals surface area contributed by atoms with E-state index in [9.17, 15) is 0 Å². The summed E-state index contributed by atoms with van der Waals surface area (Å²) in [5.41, 5.74) is 16.7. The first-order valence-electron chi connectivity index (χ1n) is 21.9. The van der Waals surface area contributed by atoms with E-state index in [2.05, 4.69) is 248 Å². The van der Waals surface area contributed by atoms with Gasteiger partial charge in [-0.3, -0.25) is 0 Å². The van der Waals surface area contributed by atoms with Crippen LogP contribution in [0.5, 0.6) is 0 Å². The molecule has 2 nitrogen and oxygen atoms in total. The number of benzene rings is 11. The van der Waals surface area contributed by atoms with Crippen molar-refractivity contribution in [2.24, 2.45) is 0 Å². The Morgan fingerprint density at radius 2 is 0.781 bits per heavy atom. The van der Waals surface area contributed by atoms with Crippen LogP contribution in [0.3, 0.4) is 0 Å². The summed E-state index contributed by atoms with van der Waals surface area (Å²) in [5.74, 6) is 0. The van der Waals surface area contributed by atoms with Crippen LogP contribution in [0, 0.1) is 0 Å². The van der Waals surface area contributed by atoms with Gasteiger partial charge in [0.05, 0.1) is 5.69 Å². The third kappa shape index (κ3) is 6.61. The number of rotatable bonds is 8. The summed E-state index contributed by atoms with van der Waals surface area (Å²) in [6, 6.07) is 89.8. The molecule has 0 unspecified atom stereocenters. The van der Waals surface area contributed by atoms with E-state index in [4.69, 9.17) is 4.42 Å². The molecule has 0 radical (unpaired) electrons. The molecule has 0 fully saturated rings. The molecule has 0 amide bonds. The monoisotopic (exact) mass is 815 g/mol. The van der Waals surface area contributed by atoms with Gasteiger partial charge in [-0.2, -0.15) is 0 Å². The molecule has 0 bridgehead atoms. The molecule has 0 aliphatic carbocycles. The Balaban J connectivity index is 1.05. The van der Waals surface area contributed by atoms with Gasteiger partial charge in [-0.05, 0) is 120 Å². The number of anilines is 3.